The number of hydrogen-bond donors (Lipinski definition) is 0. The van der Waals surface area contributed by atoms with Crippen LogP contribution in [-0.4, -0.2) is 31.2 Å². The fraction of sp³-hybridized carbons (Fsp3) is 0.250. The van der Waals surface area contributed by atoms with E-state index >= 15 is 0 Å². The molecule has 0 aliphatic rings. The summed E-state index contributed by atoms with van der Waals surface area (Å²) in [7, 11) is 0. The van der Waals surface area contributed by atoms with Crippen LogP contribution < -0.4 is 0 Å². The van der Waals surface area contributed by atoms with Gasteiger partial charge in [-0.05, 0) is 35.7 Å². The second kappa shape index (κ2) is 7.06. The molecule has 0 saturated heterocycles. The summed E-state index contributed by atoms with van der Waals surface area (Å²) in [6.45, 7) is 4.51. The van der Waals surface area contributed by atoms with Gasteiger partial charge in [-0.25, -0.2) is 4.68 Å². The smallest absolute Gasteiger partial charge is 0.210 e. The van der Waals surface area contributed by atoms with E-state index in [0.29, 0.717) is 17.3 Å². The summed E-state index contributed by atoms with van der Waals surface area (Å²) in [6.07, 6.45) is 0. The fourth-order valence-electron chi connectivity index (χ4n) is 2.09. The molecule has 0 aliphatic heterocycles. The molecule has 23 heavy (non-hydrogen) atoms. The minimum absolute atomic E-state index is 0.0840. The molecule has 0 radical (unpaired) electrons. The molecule has 0 amide bonds. The summed E-state index contributed by atoms with van der Waals surface area (Å²) >= 11 is 3.05. The van der Waals surface area contributed by atoms with E-state index in [1.807, 2.05) is 55.6 Å². The first-order chi connectivity index (χ1) is 11.1. The summed E-state index contributed by atoms with van der Waals surface area (Å²) in [5, 5.41) is 14.2. The van der Waals surface area contributed by atoms with Crippen LogP contribution in [0.25, 0.3) is 0 Å². The number of Topliss-reactive ketones (excluding diaryl/α,β-unsaturated/α-hetero) is 1. The SMILES string of the molecule is Cc1ccc(C(=O)[C@@H](C)Sc2nnnn2Cc2cccs2)cc1. The fourth-order valence-corrected chi connectivity index (χ4v) is 3.65. The van der Waals surface area contributed by atoms with Crippen molar-refractivity contribution in [2.45, 2.75) is 30.8 Å². The van der Waals surface area contributed by atoms with E-state index in [1.165, 1.54) is 16.6 Å². The molecule has 0 fully saturated rings. The number of rotatable bonds is 6. The molecule has 0 bridgehead atoms. The van der Waals surface area contributed by atoms with Gasteiger partial charge in [-0.1, -0.05) is 47.7 Å². The van der Waals surface area contributed by atoms with E-state index in [-0.39, 0.29) is 11.0 Å². The molecule has 2 heterocycles. The second-order valence-electron chi connectivity index (χ2n) is 5.19. The minimum atomic E-state index is -0.245. The molecule has 5 nitrogen and oxygen atoms in total. The normalized spacial score (nSPS) is 12.3. The van der Waals surface area contributed by atoms with Crippen molar-refractivity contribution >= 4 is 28.9 Å². The van der Waals surface area contributed by atoms with Crippen molar-refractivity contribution in [3.63, 3.8) is 0 Å². The van der Waals surface area contributed by atoms with Crippen molar-refractivity contribution in [3.05, 3.63) is 57.8 Å². The minimum Gasteiger partial charge on any atom is -0.293 e. The Morgan fingerprint density at radius 3 is 2.78 bits per heavy atom. The largest absolute Gasteiger partial charge is 0.293 e. The lowest BCUT2D eigenvalue weighted by Crippen LogP contribution is -2.15. The molecule has 0 unspecified atom stereocenters. The highest BCUT2D eigenvalue weighted by Crippen LogP contribution is 2.24. The molecule has 0 aliphatic carbocycles. The average molecular weight is 344 g/mol. The zero-order valence-electron chi connectivity index (χ0n) is 12.8. The Morgan fingerprint density at radius 2 is 2.09 bits per heavy atom. The number of benzene rings is 1. The topological polar surface area (TPSA) is 60.7 Å². The van der Waals surface area contributed by atoms with E-state index < -0.39 is 0 Å². The second-order valence-corrected chi connectivity index (χ2v) is 7.53. The van der Waals surface area contributed by atoms with Crippen molar-refractivity contribution in [1.82, 2.24) is 20.2 Å². The lowest BCUT2D eigenvalue weighted by Gasteiger charge is -2.10. The quantitative estimate of drug-likeness (QED) is 0.506. The van der Waals surface area contributed by atoms with Crippen LogP contribution in [0.1, 0.15) is 27.7 Å². The van der Waals surface area contributed by atoms with Crippen LogP contribution in [0, 0.1) is 6.92 Å². The number of ketones is 1. The molecule has 7 heteroatoms. The van der Waals surface area contributed by atoms with Gasteiger partial charge in [0.25, 0.3) is 0 Å². The van der Waals surface area contributed by atoms with Crippen LogP contribution in [0.15, 0.2) is 46.9 Å². The molecule has 118 valence electrons. The maximum Gasteiger partial charge on any atom is 0.210 e. The van der Waals surface area contributed by atoms with Crippen LogP contribution in [0.2, 0.25) is 0 Å². The molecular weight excluding hydrogens is 328 g/mol. The van der Waals surface area contributed by atoms with Crippen molar-refractivity contribution in [3.8, 4) is 0 Å². The van der Waals surface area contributed by atoms with Crippen LogP contribution >= 0.6 is 23.1 Å². The average Bonchev–Trinajstić information content (AvgIpc) is 3.20. The highest BCUT2D eigenvalue weighted by atomic mass is 32.2. The van der Waals surface area contributed by atoms with E-state index in [9.17, 15) is 4.79 Å². The lowest BCUT2D eigenvalue weighted by atomic mass is 10.1. The number of carbonyl (C=O) groups excluding carboxylic acids is 1. The Bertz CT molecular complexity index is 781. The predicted octanol–water partition coefficient (Wildman–Crippen LogP) is 3.45. The van der Waals surface area contributed by atoms with Gasteiger partial charge in [0.05, 0.1) is 11.8 Å². The van der Waals surface area contributed by atoms with Crippen molar-refractivity contribution in [2.75, 3.05) is 0 Å². The lowest BCUT2D eigenvalue weighted by molar-refractivity contribution is 0.0994. The Kier molecular flexibility index (Phi) is 4.88. The molecule has 1 atom stereocenters. The number of carbonyl (C=O) groups is 1. The Hall–Kier alpha value is -1.99. The number of nitrogens with zero attached hydrogens (tertiary/aromatic N) is 4. The number of thiophene rings is 1. The third-order valence-corrected chi connectivity index (χ3v) is 5.30. The monoisotopic (exact) mass is 344 g/mol. The van der Waals surface area contributed by atoms with Crippen molar-refractivity contribution in [1.29, 1.82) is 0 Å². The molecule has 3 aromatic rings. The number of tetrazole rings is 1. The van der Waals surface area contributed by atoms with Gasteiger partial charge < -0.3 is 0 Å². The van der Waals surface area contributed by atoms with Crippen LogP contribution in [0.5, 0.6) is 0 Å². The molecule has 0 N–H and O–H groups in total. The number of aromatic nitrogens is 4. The number of hydrogen-bond acceptors (Lipinski definition) is 6. The number of thioether (sulfide) groups is 1. The van der Waals surface area contributed by atoms with Gasteiger partial charge in [0.15, 0.2) is 5.78 Å². The van der Waals surface area contributed by atoms with E-state index in [2.05, 4.69) is 15.5 Å². The summed E-state index contributed by atoms with van der Waals surface area (Å²) < 4.78 is 1.73. The summed E-state index contributed by atoms with van der Waals surface area (Å²) in [5.74, 6) is 0.0840. The zero-order chi connectivity index (χ0) is 16.2. The van der Waals surface area contributed by atoms with E-state index in [1.54, 1.807) is 16.0 Å². The van der Waals surface area contributed by atoms with Gasteiger partial charge in [-0.2, -0.15) is 0 Å². The van der Waals surface area contributed by atoms with Gasteiger partial charge in [0.1, 0.15) is 0 Å². The van der Waals surface area contributed by atoms with Gasteiger partial charge >= 0.3 is 0 Å². The Balaban J connectivity index is 1.70. The molecule has 1 aromatic carbocycles. The predicted molar refractivity (Wildman–Crippen MR) is 92.1 cm³/mol. The molecular formula is C16H16N4OS2. The molecule has 0 saturated carbocycles. The van der Waals surface area contributed by atoms with Crippen LogP contribution in [0.4, 0.5) is 0 Å². The van der Waals surface area contributed by atoms with Gasteiger partial charge in [0, 0.05) is 10.4 Å². The third kappa shape index (κ3) is 3.86. The standard InChI is InChI=1S/C16H16N4OS2/c1-11-5-7-13(8-6-11)15(21)12(2)23-16-17-18-19-20(16)10-14-4-3-9-22-14/h3-9,12H,10H2,1-2H3/t12-/m1/s1. The maximum atomic E-state index is 12.5. The highest BCUT2D eigenvalue weighted by molar-refractivity contribution is 8.00. The maximum absolute atomic E-state index is 12.5. The first-order valence-corrected chi connectivity index (χ1v) is 8.95. The Labute approximate surface area is 142 Å². The first kappa shape index (κ1) is 15.9. The van der Waals surface area contributed by atoms with Gasteiger partial charge in [-0.3, -0.25) is 4.79 Å². The first-order valence-electron chi connectivity index (χ1n) is 7.19. The van der Waals surface area contributed by atoms with Crippen LogP contribution in [-0.2, 0) is 6.54 Å². The molecule has 2 aromatic heterocycles. The summed E-state index contributed by atoms with van der Waals surface area (Å²) in [6, 6.07) is 11.7. The van der Waals surface area contributed by atoms with Gasteiger partial charge in [0.2, 0.25) is 5.16 Å². The molecule has 3 rings (SSSR count). The molecule has 0 spiro atoms. The highest BCUT2D eigenvalue weighted by Gasteiger charge is 2.20. The van der Waals surface area contributed by atoms with Crippen molar-refractivity contribution < 1.29 is 4.79 Å². The van der Waals surface area contributed by atoms with E-state index in [0.717, 1.165) is 5.56 Å². The van der Waals surface area contributed by atoms with Gasteiger partial charge in [-0.15, -0.1) is 16.4 Å². The summed E-state index contributed by atoms with van der Waals surface area (Å²) in [5.41, 5.74) is 1.86. The third-order valence-electron chi connectivity index (χ3n) is 3.37. The Morgan fingerprint density at radius 1 is 1.30 bits per heavy atom. The summed E-state index contributed by atoms with van der Waals surface area (Å²) in [4.78, 5) is 13.7. The van der Waals surface area contributed by atoms with Crippen molar-refractivity contribution in [2.24, 2.45) is 0 Å². The van der Waals surface area contributed by atoms with E-state index in [4.69, 9.17) is 0 Å². The van der Waals surface area contributed by atoms with Crippen LogP contribution in [0.3, 0.4) is 0 Å². The zero-order valence-corrected chi connectivity index (χ0v) is 14.5. The number of aryl methyl sites for hydroxylation is 1.